The molecule has 0 saturated carbocycles. The van der Waals surface area contributed by atoms with E-state index in [2.05, 4.69) is 33.9 Å². The molecule has 2 N–H and O–H groups in total. The van der Waals surface area contributed by atoms with Gasteiger partial charge in [0.25, 0.3) is 10.1 Å². The van der Waals surface area contributed by atoms with Crippen LogP contribution in [0.1, 0.15) is 40.5 Å². The normalized spacial score (nSPS) is 16.3. The van der Waals surface area contributed by atoms with Crippen molar-refractivity contribution in [3.05, 3.63) is 0 Å². The number of carbonyl (C=O) groups excluding carboxylic acids is 1. The zero-order chi connectivity index (χ0) is 17.8. The van der Waals surface area contributed by atoms with Crippen LogP contribution in [-0.4, -0.2) is 41.6 Å². The van der Waals surface area contributed by atoms with Gasteiger partial charge in [0.15, 0.2) is 8.32 Å². The highest BCUT2D eigenvalue weighted by molar-refractivity contribution is 7.85. The van der Waals surface area contributed by atoms with E-state index in [0.717, 1.165) is 6.26 Å². The van der Waals surface area contributed by atoms with Gasteiger partial charge in [-0.1, -0.05) is 27.7 Å². The van der Waals surface area contributed by atoms with Gasteiger partial charge in [-0.2, -0.15) is 8.42 Å². The lowest BCUT2D eigenvalue weighted by Crippen LogP contribution is -2.46. The van der Waals surface area contributed by atoms with Gasteiger partial charge in [-0.3, -0.25) is 8.98 Å². The number of amides is 1. The molecular weight excluding hydrogens is 322 g/mol. The summed E-state index contributed by atoms with van der Waals surface area (Å²) in [7, 11) is -5.49. The summed E-state index contributed by atoms with van der Waals surface area (Å²) in [4.78, 5) is 11.3. The lowest BCUT2D eigenvalue weighted by molar-refractivity contribution is -0.120. The van der Waals surface area contributed by atoms with Gasteiger partial charge in [0.2, 0.25) is 5.91 Å². The molecule has 0 aromatic rings. The summed E-state index contributed by atoms with van der Waals surface area (Å²) in [5.41, 5.74) is 5.33. The second-order valence-corrected chi connectivity index (χ2v) is 13.8. The lowest BCUT2D eigenvalue weighted by Gasteiger charge is -2.40. The molecule has 0 radical (unpaired) electrons. The van der Waals surface area contributed by atoms with Crippen molar-refractivity contribution in [1.29, 1.82) is 0 Å². The predicted octanol–water partition coefficient (Wildman–Crippen LogP) is 2.25. The lowest BCUT2D eigenvalue weighted by atomic mass is 9.99. The fraction of sp³-hybridized carbons (Fsp3) is 0.929. The average molecular weight is 354 g/mol. The highest BCUT2D eigenvalue weighted by atomic mass is 32.2. The van der Waals surface area contributed by atoms with Crippen molar-refractivity contribution in [3.63, 3.8) is 0 Å². The SMILES string of the molecule is C[C@H](CCOS(C)(=O)=O)[C@H](CC(N)=O)O[Si](C)(C)C(C)(C)C. The fourth-order valence-corrected chi connectivity index (χ4v) is 3.51. The molecular formula is C14H31NO5SSi. The van der Waals surface area contributed by atoms with E-state index in [4.69, 9.17) is 14.3 Å². The van der Waals surface area contributed by atoms with Crippen molar-refractivity contribution >= 4 is 24.3 Å². The summed E-state index contributed by atoms with van der Waals surface area (Å²) < 4.78 is 33.1. The molecule has 2 atom stereocenters. The van der Waals surface area contributed by atoms with Crippen molar-refractivity contribution in [2.24, 2.45) is 11.7 Å². The van der Waals surface area contributed by atoms with Crippen LogP contribution in [0.4, 0.5) is 0 Å². The zero-order valence-electron chi connectivity index (χ0n) is 14.8. The van der Waals surface area contributed by atoms with Crippen LogP contribution >= 0.6 is 0 Å². The minimum atomic E-state index is -3.45. The van der Waals surface area contributed by atoms with E-state index in [1.54, 1.807) is 0 Å². The number of nitrogens with two attached hydrogens (primary N) is 1. The Balaban J connectivity index is 4.86. The Bertz CT molecular complexity index is 470. The molecule has 1 amide bonds. The maximum Gasteiger partial charge on any atom is 0.264 e. The van der Waals surface area contributed by atoms with Gasteiger partial charge in [-0.15, -0.1) is 0 Å². The van der Waals surface area contributed by atoms with Gasteiger partial charge >= 0.3 is 0 Å². The van der Waals surface area contributed by atoms with Gasteiger partial charge in [-0.25, -0.2) is 0 Å². The Hall–Kier alpha value is -0.443. The molecule has 0 unspecified atom stereocenters. The summed E-state index contributed by atoms with van der Waals surface area (Å²) in [6.45, 7) is 12.6. The van der Waals surface area contributed by atoms with Crippen molar-refractivity contribution in [2.75, 3.05) is 12.9 Å². The molecule has 0 aliphatic heterocycles. The number of primary amides is 1. The predicted molar refractivity (Wildman–Crippen MR) is 90.5 cm³/mol. The summed E-state index contributed by atoms with van der Waals surface area (Å²) in [6.07, 6.45) is 1.32. The Morgan fingerprint density at radius 3 is 2.14 bits per heavy atom. The quantitative estimate of drug-likeness (QED) is 0.506. The smallest absolute Gasteiger partial charge is 0.264 e. The molecule has 0 aromatic heterocycles. The molecule has 0 aliphatic carbocycles. The second kappa shape index (κ2) is 7.90. The van der Waals surface area contributed by atoms with Crippen LogP contribution in [0.25, 0.3) is 0 Å². The van der Waals surface area contributed by atoms with E-state index < -0.39 is 24.3 Å². The first-order chi connectivity index (χ1) is 9.66. The van der Waals surface area contributed by atoms with Crippen molar-refractivity contribution in [3.8, 4) is 0 Å². The van der Waals surface area contributed by atoms with Crippen LogP contribution in [0, 0.1) is 5.92 Å². The molecule has 6 nitrogen and oxygen atoms in total. The minimum Gasteiger partial charge on any atom is -0.413 e. The van der Waals surface area contributed by atoms with Crippen LogP contribution in [0.15, 0.2) is 0 Å². The Kier molecular flexibility index (Phi) is 7.74. The van der Waals surface area contributed by atoms with E-state index in [9.17, 15) is 13.2 Å². The molecule has 132 valence electrons. The van der Waals surface area contributed by atoms with E-state index in [-0.39, 0.29) is 30.1 Å². The average Bonchev–Trinajstić information content (AvgIpc) is 2.23. The third-order valence-corrected chi connectivity index (χ3v) is 9.26. The van der Waals surface area contributed by atoms with Crippen LogP contribution in [0.5, 0.6) is 0 Å². The van der Waals surface area contributed by atoms with Crippen LogP contribution in [0.2, 0.25) is 18.1 Å². The monoisotopic (exact) mass is 353 g/mol. The van der Waals surface area contributed by atoms with Gasteiger partial charge < -0.3 is 10.2 Å². The van der Waals surface area contributed by atoms with Crippen molar-refractivity contribution in [1.82, 2.24) is 0 Å². The summed E-state index contributed by atoms with van der Waals surface area (Å²) >= 11 is 0. The number of carbonyl (C=O) groups is 1. The molecule has 0 aromatic carbocycles. The van der Waals surface area contributed by atoms with E-state index in [0.29, 0.717) is 6.42 Å². The van der Waals surface area contributed by atoms with Gasteiger partial charge in [0.1, 0.15) is 0 Å². The topological polar surface area (TPSA) is 95.7 Å². The second-order valence-electron chi connectivity index (χ2n) is 7.38. The molecule has 0 fully saturated rings. The third-order valence-electron chi connectivity index (χ3n) is 4.16. The number of hydrogen-bond acceptors (Lipinski definition) is 5. The molecule has 8 heteroatoms. The molecule has 22 heavy (non-hydrogen) atoms. The Morgan fingerprint density at radius 1 is 1.27 bits per heavy atom. The molecule has 0 rings (SSSR count). The van der Waals surface area contributed by atoms with Gasteiger partial charge in [-0.05, 0) is 30.5 Å². The van der Waals surface area contributed by atoms with Gasteiger partial charge in [0, 0.05) is 0 Å². The van der Waals surface area contributed by atoms with Crippen LogP contribution in [-0.2, 0) is 23.5 Å². The molecule has 0 spiro atoms. The summed E-state index contributed by atoms with van der Waals surface area (Å²) in [5, 5.41) is 0.0197. The molecule has 0 saturated heterocycles. The van der Waals surface area contributed by atoms with Crippen LogP contribution < -0.4 is 5.73 Å². The summed E-state index contributed by atoms with van der Waals surface area (Å²) in [6, 6.07) is 0. The maximum absolute atomic E-state index is 11.3. The maximum atomic E-state index is 11.3. The van der Waals surface area contributed by atoms with Crippen molar-refractivity contribution in [2.45, 2.75) is 64.8 Å². The van der Waals surface area contributed by atoms with Crippen molar-refractivity contribution < 1.29 is 21.8 Å². The van der Waals surface area contributed by atoms with E-state index >= 15 is 0 Å². The van der Waals surface area contributed by atoms with E-state index in [1.165, 1.54) is 0 Å². The number of rotatable bonds is 9. The first-order valence-electron chi connectivity index (χ1n) is 7.46. The highest BCUT2D eigenvalue weighted by Gasteiger charge is 2.40. The standard InChI is InChI=1S/C14H31NO5SSi/c1-11(8-9-19-21(5,17)18)12(10-13(15)16)20-22(6,7)14(2,3)4/h11-12H,8-10H2,1-7H3,(H2,15,16)/t11-,12+/m1/s1. The Morgan fingerprint density at radius 2 is 1.77 bits per heavy atom. The molecule has 0 aliphatic rings. The Labute approximate surface area is 136 Å². The van der Waals surface area contributed by atoms with E-state index in [1.807, 2.05) is 6.92 Å². The molecule has 0 heterocycles. The first kappa shape index (κ1) is 21.6. The third kappa shape index (κ3) is 8.26. The molecule has 0 bridgehead atoms. The zero-order valence-corrected chi connectivity index (χ0v) is 16.6. The van der Waals surface area contributed by atoms with Crippen LogP contribution in [0.3, 0.4) is 0 Å². The minimum absolute atomic E-state index is 0.0197. The fourth-order valence-electron chi connectivity index (χ4n) is 1.68. The largest absolute Gasteiger partial charge is 0.413 e. The highest BCUT2D eigenvalue weighted by Crippen LogP contribution is 2.38. The summed E-state index contributed by atoms with van der Waals surface area (Å²) in [5.74, 6) is -0.442. The number of hydrogen-bond donors (Lipinski definition) is 1. The van der Waals surface area contributed by atoms with Gasteiger partial charge in [0.05, 0.1) is 25.4 Å². The first-order valence-corrected chi connectivity index (χ1v) is 12.2.